The normalized spacial score (nSPS) is 24.6. The highest BCUT2D eigenvalue weighted by molar-refractivity contribution is 4.69. The number of hydrogen-bond acceptors (Lipinski definition) is 1. The molecule has 1 heteroatoms. The van der Waals surface area contributed by atoms with Gasteiger partial charge in [0.15, 0.2) is 0 Å². The largest absolute Gasteiger partial charge is 0.301 e. The van der Waals surface area contributed by atoms with E-state index < -0.39 is 0 Å². The van der Waals surface area contributed by atoms with Crippen LogP contribution >= 0.6 is 0 Å². The van der Waals surface area contributed by atoms with Crippen LogP contribution in [0.1, 0.15) is 39.5 Å². The van der Waals surface area contributed by atoms with E-state index in [4.69, 9.17) is 0 Å². The molecule has 1 aliphatic heterocycles. The van der Waals surface area contributed by atoms with Crippen LogP contribution in [0.15, 0.2) is 0 Å². The quantitative estimate of drug-likeness (QED) is 0.570. The summed E-state index contributed by atoms with van der Waals surface area (Å²) < 4.78 is 0. The second-order valence-corrected chi connectivity index (χ2v) is 3.35. The molecule has 60 valence electrons. The lowest BCUT2D eigenvalue weighted by molar-refractivity contribution is 0.170. The zero-order valence-electron chi connectivity index (χ0n) is 7.27. The smallest absolute Gasteiger partial charge is 0.00643 e. The third kappa shape index (κ3) is 1.98. The van der Waals surface area contributed by atoms with Gasteiger partial charge in [-0.25, -0.2) is 0 Å². The molecule has 0 N–H and O–H groups in total. The van der Waals surface area contributed by atoms with Crippen LogP contribution in [-0.4, -0.2) is 24.0 Å². The SMILES string of the molecule is CC[C@@H](C)N1CCCCC1. The van der Waals surface area contributed by atoms with Crippen LogP contribution in [0.4, 0.5) is 0 Å². The van der Waals surface area contributed by atoms with Gasteiger partial charge in [0.25, 0.3) is 0 Å². The predicted octanol–water partition coefficient (Wildman–Crippen LogP) is 2.27. The van der Waals surface area contributed by atoms with E-state index in [1.54, 1.807) is 0 Å². The third-order valence-corrected chi connectivity index (χ3v) is 2.60. The first-order valence-corrected chi connectivity index (χ1v) is 4.58. The van der Waals surface area contributed by atoms with Crippen LogP contribution in [0.3, 0.4) is 0 Å². The van der Waals surface area contributed by atoms with Crippen LogP contribution in [0.5, 0.6) is 0 Å². The van der Waals surface area contributed by atoms with E-state index in [1.165, 1.54) is 38.8 Å². The molecule has 0 saturated carbocycles. The molecule has 0 aromatic heterocycles. The molecule has 1 nitrogen and oxygen atoms in total. The van der Waals surface area contributed by atoms with Crippen molar-refractivity contribution < 1.29 is 0 Å². The highest BCUT2D eigenvalue weighted by Gasteiger charge is 2.13. The first-order valence-electron chi connectivity index (χ1n) is 4.58. The van der Waals surface area contributed by atoms with E-state index >= 15 is 0 Å². The van der Waals surface area contributed by atoms with Crippen LogP contribution < -0.4 is 0 Å². The molecule has 0 radical (unpaired) electrons. The molecule has 1 saturated heterocycles. The summed E-state index contributed by atoms with van der Waals surface area (Å²) >= 11 is 0. The Morgan fingerprint density at radius 3 is 2.30 bits per heavy atom. The molecule has 1 aliphatic rings. The summed E-state index contributed by atoms with van der Waals surface area (Å²) in [6, 6.07) is 0.820. The zero-order chi connectivity index (χ0) is 7.40. The lowest BCUT2D eigenvalue weighted by Crippen LogP contribution is -2.36. The molecule has 10 heavy (non-hydrogen) atoms. The minimum atomic E-state index is 0.820. The van der Waals surface area contributed by atoms with Gasteiger partial charge in [-0.2, -0.15) is 0 Å². The average Bonchev–Trinajstić information content (AvgIpc) is 2.05. The van der Waals surface area contributed by atoms with Crippen molar-refractivity contribution in [3.63, 3.8) is 0 Å². The summed E-state index contributed by atoms with van der Waals surface area (Å²) in [5.74, 6) is 0. The van der Waals surface area contributed by atoms with E-state index in [0.717, 1.165) is 6.04 Å². The number of nitrogens with zero attached hydrogens (tertiary/aromatic N) is 1. The van der Waals surface area contributed by atoms with Gasteiger partial charge < -0.3 is 4.90 Å². The van der Waals surface area contributed by atoms with E-state index in [0.29, 0.717) is 0 Å². The molecule has 0 unspecified atom stereocenters. The molecule has 0 aromatic carbocycles. The van der Waals surface area contributed by atoms with Gasteiger partial charge >= 0.3 is 0 Å². The fourth-order valence-electron chi connectivity index (χ4n) is 1.62. The molecule has 0 aliphatic carbocycles. The maximum absolute atomic E-state index is 2.61. The van der Waals surface area contributed by atoms with Crippen LogP contribution in [-0.2, 0) is 0 Å². The van der Waals surface area contributed by atoms with Crippen LogP contribution in [0.25, 0.3) is 0 Å². The highest BCUT2D eigenvalue weighted by atomic mass is 15.1. The summed E-state index contributed by atoms with van der Waals surface area (Å²) in [6.45, 7) is 7.30. The molecule has 0 amide bonds. The van der Waals surface area contributed by atoms with Gasteiger partial charge in [-0.15, -0.1) is 0 Å². The topological polar surface area (TPSA) is 3.24 Å². The Labute approximate surface area is 64.4 Å². The van der Waals surface area contributed by atoms with E-state index in [1.807, 2.05) is 0 Å². The van der Waals surface area contributed by atoms with Crippen molar-refractivity contribution in [1.29, 1.82) is 0 Å². The molecule has 1 fully saturated rings. The Kier molecular flexibility index (Phi) is 3.20. The summed E-state index contributed by atoms with van der Waals surface area (Å²) in [5, 5.41) is 0. The fourth-order valence-corrected chi connectivity index (χ4v) is 1.62. The maximum atomic E-state index is 2.61. The summed E-state index contributed by atoms with van der Waals surface area (Å²) in [6.07, 6.45) is 5.60. The van der Waals surface area contributed by atoms with Gasteiger partial charge in [0.2, 0.25) is 0 Å². The van der Waals surface area contributed by atoms with Gasteiger partial charge in [0, 0.05) is 6.04 Å². The Morgan fingerprint density at radius 2 is 1.80 bits per heavy atom. The fraction of sp³-hybridized carbons (Fsp3) is 1.00. The van der Waals surface area contributed by atoms with Crippen molar-refractivity contribution in [2.75, 3.05) is 13.1 Å². The maximum Gasteiger partial charge on any atom is 0.00643 e. The van der Waals surface area contributed by atoms with Crippen molar-refractivity contribution in [3.8, 4) is 0 Å². The Bertz CT molecular complexity index is 84.7. The minimum Gasteiger partial charge on any atom is -0.301 e. The Balaban J connectivity index is 2.24. The Hall–Kier alpha value is -0.0400. The second-order valence-electron chi connectivity index (χ2n) is 3.35. The molecule has 1 rings (SSSR count). The molecule has 0 spiro atoms. The monoisotopic (exact) mass is 141 g/mol. The first kappa shape index (κ1) is 8.06. The van der Waals surface area contributed by atoms with E-state index in [9.17, 15) is 0 Å². The van der Waals surface area contributed by atoms with Gasteiger partial charge in [-0.3, -0.25) is 0 Å². The van der Waals surface area contributed by atoms with Crippen molar-refractivity contribution in [2.45, 2.75) is 45.6 Å². The van der Waals surface area contributed by atoms with Crippen LogP contribution in [0, 0.1) is 0 Å². The van der Waals surface area contributed by atoms with Crippen molar-refractivity contribution in [2.24, 2.45) is 0 Å². The Morgan fingerprint density at radius 1 is 1.20 bits per heavy atom. The molecule has 0 aromatic rings. The number of rotatable bonds is 2. The number of piperidine rings is 1. The van der Waals surface area contributed by atoms with Crippen molar-refractivity contribution in [1.82, 2.24) is 4.90 Å². The average molecular weight is 141 g/mol. The van der Waals surface area contributed by atoms with Crippen molar-refractivity contribution >= 4 is 0 Å². The lowest BCUT2D eigenvalue weighted by Gasteiger charge is -2.31. The summed E-state index contributed by atoms with van der Waals surface area (Å²) in [7, 11) is 0. The van der Waals surface area contributed by atoms with Gasteiger partial charge in [-0.05, 0) is 39.3 Å². The molecule has 1 atom stereocenters. The van der Waals surface area contributed by atoms with Crippen LogP contribution in [0.2, 0.25) is 0 Å². The molecular formula is C9H19N. The lowest BCUT2D eigenvalue weighted by atomic mass is 10.1. The third-order valence-electron chi connectivity index (χ3n) is 2.60. The number of likely N-dealkylation sites (tertiary alicyclic amines) is 1. The zero-order valence-corrected chi connectivity index (χ0v) is 7.27. The second kappa shape index (κ2) is 3.97. The molecule has 1 heterocycles. The van der Waals surface area contributed by atoms with E-state index in [-0.39, 0.29) is 0 Å². The molecular weight excluding hydrogens is 122 g/mol. The van der Waals surface area contributed by atoms with Gasteiger partial charge in [0.1, 0.15) is 0 Å². The standard InChI is InChI=1S/C9H19N/c1-3-9(2)10-7-5-4-6-8-10/h9H,3-8H2,1-2H3/t9-/m1/s1. The number of hydrogen-bond donors (Lipinski definition) is 0. The molecule has 0 bridgehead atoms. The predicted molar refractivity (Wildman–Crippen MR) is 45.2 cm³/mol. The summed E-state index contributed by atoms with van der Waals surface area (Å²) in [4.78, 5) is 2.61. The highest BCUT2D eigenvalue weighted by Crippen LogP contribution is 2.13. The van der Waals surface area contributed by atoms with Gasteiger partial charge in [-0.1, -0.05) is 13.3 Å². The van der Waals surface area contributed by atoms with E-state index in [2.05, 4.69) is 18.7 Å². The summed E-state index contributed by atoms with van der Waals surface area (Å²) in [5.41, 5.74) is 0. The minimum absolute atomic E-state index is 0.820. The first-order chi connectivity index (χ1) is 4.84. The van der Waals surface area contributed by atoms with Crippen molar-refractivity contribution in [3.05, 3.63) is 0 Å². The van der Waals surface area contributed by atoms with Gasteiger partial charge in [0.05, 0.1) is 0 Å².